The second kappa shape index (κ2) is 6.71. The van der Waals surface area contributed by atoms with E-state index in [1.807, 2.05) is 0 Å². The molecule has 1 saturated heterocycles. The van der Waals surface area contributed by atoms with E-state index in [1.165, 1.54) is 19.3 Å². The van der Waals surface area contributed by atoms with Crippen molar-refractivity contribution in [3.05, 3.63) is 10.6 Å². The highest BCUT2D eigenvalue weighted by molar-refractivity contribution is 7.15. The van der Waals surface area contributed by atoms with Crippen molar-refractivity contribution < 1.29 is 5.11 Å². The van der Waals surface area contributed by atoms with Gasteiger partial charge in [0.05, 0.1) is 17.2 Å². The van der Waals surface area contributed by atoms with E-state index in [0.717, 1.165) is 41.1 Å². The molecule has 0 saturated carbocycles. The molecule has 1 aromatic rings. The molecule has 1 atom stereocenters. The van der Waals surface area contributed by atoms with Crippen LogP contribution in [0.15, 0.2) is 0 Å². The Kier molecular flexibility index (Phi) is 5.22. The molecule has 0 aliphatic carbocycles. The lowest BCUT2D eigenvalue weighted by Gasteiger charge is -2.31. The van der Waals surface area contributed by atoms with Crippen molar-refractivity contribution in [2.75, 3.05) is 18.0 Å². The van der Waals surface area contributed by atoms with E-state index in [9.17, 15) is 5.11 Å². The highest BCUT2D eigenvalue weighted by atomic mass is 32.1. The van der Waals surface area contributed by atoms with E-state index >= 15 is 0 Å². The number of aliphatic hydroxyl groups is 1. The molecule has 1 N–H and O–H groups in total. The number of aliphatic hydroxyl groups excluding tert-OH is 1. The molecule has 1 fully saturated rings. The third-order valence-corrected chi connectivity index (χ3v) is 5.52. The lowest BCUT2D eigenvalue weighted by atomic mass is 9.95. The van der Waals surface area contributed by atoms with Gasteiger partial charge in [0.2, 0.25) is 0 Å². The number of nitrogens with zero attached hydrogens (tertiary/aromatic N) is 2. The maximum Gasteiger partial charge on any atom is 0.185 e. The summed E-state index contributed by atoms with van der Waals surface area (Å²) < 4.78 is 0. The number of hydrogen-bond acceptors (Lipinski definition) is 4. The summed E-state index contributed by atoms with van der Waals surface area (Å²) in [7, 11) is 0. The standard InChI is InChI=1S/C15H26N2OS/c1-4-11(3)14-13(10-18)19-15(16-14)17-8-6-12(5-2)7-9-17/h11-12,18H,4-10H2,1-3H3. The van der Waals surface area contributed by atoms with Crippen LogP contribution in [-0.2, 0) is 6.61 Å². The summed E-state index contributed by atoms with van der Waals surface area (Å²) >= 11 is 1.68. The lowest BCUT2D eigenvalue weighted by Crippen LogP contribution is -2.33. The van der Waals surface area contributed by atoms with Crippen LogP contribution in [0.5, 0.6) is 0 Å². The van der Waals surface area contributed by atoms with Crippen LogP contribution < -0.4 is 4.90 Å². The Bertz CT molecular complexity index is 397. The zero-order chi connectivity index (χ0) is 13.8. The van der Waals surface area contributed by atoms with Crippen LogP contribution >= 0.6 is 11.3 Å². The van der Waals surface area contributed by atoms with E-state index in [2.05, 4.69) is 25.7 Å². The molecular formula is C15H26N2OS. The number of aromatic nitrogens is 1. The number of anilines is 1. The zero-order valence-electron chi connectivity index (χ0n) is 12.4. The van der Waals surface area contributed by atoms with Crippen molar-refractivity contribution in [2.24, 2.45) is 5.92 Å². The average molecular weight is 282 g/mol. The van der Waals surface area contributed by atoms with Gasteiger partial charge in [0, 0.05) is 13.1 Å². The topological polar surface area (TPSA) is 36.4 Å². The van der Waals surface area contributed by atoms with E-state index in [4.69, 9.17) is 4.98 Å². The van der Waals surface area contributed by atoms with Crippen molar-refractivity contribution in [3.8, 4) is 0 Å². The molecule has 19 heavy (non-hydrogen) atoms. The Hall–Kier alpha value is -0.610. The Morgan fingerprint density at radius 3 is 2.58 bits per heavy atom. The molecule has 0 radical (unpaired) electrons. The Balaban J connectivity index is 2.11. The zero-order valence-corrected chi connectivity index (χ0v) is 13.2. The molecule has 2 heterocycles. The van der Waals surface area contributed by atoms with Crippen LogP contribution in [0.3, 0.4) is 0 Å². The predicted octanol–water partition coefficient (Wildman–Crippen LogP) is 3.78. The summed E-state index contributed by atoms with van der Waals surface area (Å²) in [6, 6.07) is 0. The van der Waals surface area contributed by atoms with Crippen molar-refractivity contribution in [1.29, 1.82) is 0 Å². The van der Waals surface area contributed by atoms with Crippen LogP contribution in [0.4, 0.5) is 5.13 Å². The fraction of sp³-hybridized carbons (Fsp3) is 0.800. The van der Waals surface area contributed by atoms with Gasteiger partial charge in [-0.1, -0.05) is 38.5 Å². The quantitative estimate of drug-likeness (QED) is 0.893. The summed E-state index contributed by atoms with van der Waals surface area (Å²) in [5, 5.41) is 10.6. The highest BCUT2D eigenvalue weighted by Gasteiger charge is 2.23. The Labute approximate surface area is 120 Å². The van der Waals surface area contributed by atoms with Crippen LogP contribution in [0.2, 0.25) is 0 Å². The van der Waals surface area contributed by atoms with Crippen LogP contribution in [0.1, 0.15) is 62.9 Å². The minimum atomic E-state index is 0.128. The van der Waals surface area contributed by atoms with Crippen LogP contribution in [0.25, 0.3) is 0 Å². The van der Waals surface area contributed by atoms with Gasteiger partial charge in [0.25, 0.3) is 0 Å². The molecule has 1 aliphatic heterocycles. The summed E-state index contributed by atoms with van der Waals surface area (Å²) in [6.07, 6.45) is 4.94. The van der Waals surface area contributed by atoms with Gasteiger partial charge in [-0.3, -0.25) is 0 Å². The SMILES string of the molecule is CCC1CCN(c2nc(C(C)CC)c(CO)s2)CC1. The molecule has 1 aliphatic rings. The van der Waals surface area contributed by atoms with E-state index in [1.54, 1.807) is 11.3 Å². The summed E-state index contributed by atoms with van der Waals surface area (Å²) in [5.41, 5.74) is 1.11. The molecule has 0 spiro atoms. The van der Waals surface area contributed by atoms with E-state index in [0.29, 0.717) is 5.92 Å². The Morgan fingerprint density at radius 2 is 2.05 bits per heavy atom. The average Bonchev–Trinajstić information content (AvgIpc) is 2.90. The first kappa shape index (κ1) is 14.8. The number of hydrogen-bond donors (Lipinski definition) is 1. The number of rotatable bonds is 5. The van der Waals surface area contributed by atoms with Gasteiger partial charge in [-0.2, -0.15) is 0 Å². The molecule has 1 unspecified atom stereocenters. The van der Waals surface area contributed by atoms with Crippen LogP contribution in [0, 0.1) is 5.92 Å². The molecule has 4 heteroatoms. The number of thiazole rings is 1. The third kappa shape index (κ3) is 3.29. The molecule has 1 aromatic heterocycles. The molecule has 0 amide bonds. The maximum absolute atomic E-state index is 9.51. The van der Waals surface area contributed by atoms with Gasteiger partial charge >= 0.3 is 0 Å². The molecule has 0 bridgehead atoms. The fourth-order valence-corrected chi connectivity index (χ4v) is 3.80. The molecule has 2 rings (SSSR count). The number of piperidine rings is 1. The smallest absolute Gasteiger partial charge is 0.185 e. The summed E-state index contributed by atoms with van der Waals surface area (Å²) in [4.78, 5) is 8.27. The van der Waals surface area contributed by atoms with Gasteiger partial charge in [0.1, 0.15) is 0 Å². The van der Waals surface area contributed by atoms with Crippen molar-refractivity contribution >= 4 is 16.5 Å². The minimum absolute atomic E-state index is 0.128. The second-order valence-corrected chi connectivity index (χ2v) is 6.67. The van der Waals surface area contributed by atoms with Gasteiger partial charge < -0.3 is 10.0 Å². The normalized spacial score (nSPS) is 18.8. The van der Waals surface area contributed by atoms with E-state index in [-0.39, 0.29) is 6.61 Å². The van der Waals surface area contributed by atoms with Crippen LogP contribution in [-0.4, -0.2) is 23.2 Å². The lowest BCUT2D eigenvalue weighted by molar-refractivity contribution is 0.283. The van der Waals surface area contributed by atoms with Gasteiger partial charge in [0.15, 0.2) is 5.13 Å². The monoisotopic (exact) mass is 282 g/mol. The predicted molar refractivity (Wildman–Crippen MR) is 82.0 cm³/mol. The first-order valence-electron chi connectivity index (χ1n) is 7.54. The minimum Gasteiger partial charge on any atom is -0.391 e. The highest BCUT2D eigenvalue weighted by Crippen LogP contribution is 2.34. The molecule has 108 valence electrons. The third-order valence-electron chi connectivity index (χ3n) is 4.40. The Morgan fingerprint density at radius 1 is 1.37 bits per heavy atom. The fourth-order valence-electron chi connectivity index (χ4n) is 2.71. The summed E-state index contributed by atoms with van der Waals surface area (Å²) in [5.74, 6) is 1.34. The van der Waals surface area contributed by atoms with Crippen molar-refractivity contribution in [2.45, 2.75) is 59.0 Å². The van der Waals surface area contributed by atoms with Gasteiger partial charge in [-0.25, -0.2) is 4.98 Å². The largest absolute Gasteiger partial charge is 0.391 e. The first-order valence-corrected chi connectivity index (χ1v) is 8.36. The molecular weight excluding hydrogens is 256 g/mol. The molecule has 0 aromatic carbocycles. The van der Waals surface area contributed by atoms with Crippen molar-refractivity contribution in [3.63, 3.8) is 0 Å². The first-order chi connectivity index (χ1) is 9.19. The second-order valence-electron chi connectivity index (χ2n) is 5.61. The van der Waals surface area contributed by atoms with Gasteiger partial charge in [-0.05, 0) is 31.1 Å². The summed E-state index contributed by atoms with van der Waals surface area (Å²) in [6.45, 7) is 9.03. The van der Waals surface area contributed by atoms with Gasteiger partial charge in [-0.15, -0.1) is 0 Å². The maximum atomic E-state index is 9.51. The molecule has 3 nitrogen and oxygen atoms in total. The van der Waals surface area contributed by atoms with E-state index < -0.39 is 0 Å². The van der Waals surface area contributed by atoms with Crippen molar-refractivity contribution in [1.82, 2.24) is 4.98 Å².